The highest BCUT2D eigenvalue weighted by molar-refractivity contribution is 5.78. The minimum absolute atomic E-state index is 0.0809. The molecule has 0 radical (unpaired) electrons. The molecular weight excluding hydrogens is 217 g/mol. The molecule has 0 aliphatic carbocycles. The van der Waals surface area contributed by atoms with Crippen LogP contribution in [-0.4, -0.2) is 34.5 Å². The van der Waals surface area contributed by atoms with Crippen molar-refractivity contribution in [3.63, 3.8) is 0 Å². The summed E-state index contributed by atoms with van der Waals surface area (Å²) < 4.78 is 13.0. The number of aromatic hydroxyl groups is 1. The van der Waals surface area contributed by atoms with E-state index in [0.717, 1.165) is 17.0 Å². The van der Waals surface area contributed by atoms with Gasteiger partial charge in [-0.2, -0.15) is 0 Å². The van der Waals surface area contributed by atoms with Crippen molar-refractivity contribution in [2.24, 2.45) is 0 Å². The second kappa shape index (κ2) is 4.61. The number of likely N-dealkylation sites (N-methyl/N-ethyl adjacent to an activating group) is 1. The molecule has 0 spiro atoms. The first-order valence-electron chi connectivity index (χ1n) is 4.36. The minimum Gasteiger partial charge on any atom is -0.505 e. The Hall–Kier alpha value is -2.11. The monoisotopic (exact) mass is 227 g/mol. The molecule has 1 unspecified atom stereocenters. The molecule has 1 rings (SSSR count). The number of carboxylic acids is 1. The predicted molar refractivity (Wildman–Crippen MR) is 52.3 cm³/mol. The van der Waals surface area contributed by atoms with Gasteiger partial charge >= 0.3 is 5.97 Å². The van der Waals surface area contributed by atoms with Crippen LogP contribution in [0, 0.1) is 5.82 Å². The van der Waals surface area contributed by atoms with E-state index >= 15 is 0 Å². The van der Waals surface area contributed by atoms with E-state index in [-0.39, 0.29) is 5.56 Å². The fraction of sp³-hybridized carbons (Fsp3) is 0.200. The molecule has 0 aliphatic heterocycles. The van der Waals surface area contributed by atoms with Gasteiger partial charge in [-0.15, -0.1) is 0 Å². The van der Waals surface area contributed by atoms with Gasteiger partial charge in [-0.25, -0.2) is 9.18 Å². The minimum atomic E-state index is -1.28. The normalized spacial score (nSPS) is 11.9. The average Bonchev–Trinajstić information content (AvgIpc) is 2.22. The number of hydrogen-bond acceptors (Lipinski definition) is 3. The summed E-state index contributed by atoms with van der Waals surface area (Å²) in [6, 6.07) is 1.90. The van der Waals surface area contributed by atoms with Gasteiger partial charge in [0.05, 0.1) is 0 Å². The van der Waals surface area contributed by atoms with E-state index in [1.165, 1.54) is 13.1 Å². The Morgan fingerprint density at radius 3 is 2.62 bits per heavy atom. The van der Waals surface area contributed by atoms with Crippen LogP contribution in [0.1, 0.15) is 11.6 Å². The van der Waals surface area contributed by atoms with Crippen LogP contribution in [0.4, 0.5) is 4.39 Å². The van der Waals surface area contributed by atoms with Crippen LogP contribution in [0.15, 0.2) is 18.2 Å². The second-order valence-electron chi connectivity index (χ2n) is 3.22. The van der Waals surface area contributed by atoms with E-state index in [0.29, 0.717) is 6.41 Å². The van der Waals surface area contributed by atoms with E-state index in [1.807, 2.05) is 0 Å². The predicted octanol–water partition coefficient (Wildman–Crippen LogP) is 0.745. The van der Waals surface area contributed by atoms with Crippen molar-refractivity contribution < 1.29 is 24.2 Å². The van der Waals surface area contributed by atoms with Gasteiger partial charge in [0, 0.05) is 7.05 Å². The number of nitrogens with zero attached hydrogens (tertiary/aromatic N) is 1. The summed E-state index contributed by atoms with van der Waals surface area (Å²) in [5.41, 5.74) is 0.0809. The van der Waals surface area contributed by atoms with E-state index in [1.54, 1.807) is 0 Å². The maximum atomic E-state index is 13.0. The Balaban J connectivity index is 3.16. The Labute approximate surface area is 90.7 Å². The molecule has 1 atom stereocenters. The first-order chi connectivity index (χ1) is 7.47. The van der Waals surface area contributed by atoms with Gasteiger partial charge in [0.15, 0.2) is 17.6 Å². The number of carbonyl (C=O) groups excluding carboxylic acids is 1. The van der Waals surface area contributed by atoms with E-state index in [4.69, 9.17) is 10.2 Å². The Kier molecular flexibility index (Phi) is 3.44. The highest BCUT2D eigenvalue weighted by Crippen LogP contribution is 2.23. The smallest absolute Gasteiger partial charge is 0.331 e. The second-order valence-corrected chi connectivity index (χ2v) is 3.22. The molecule has 1 aromatic rings. The maximum Gasteiger partial charge on any atom is 0.331 e. The van der Waals surface area contributed by atoms with Gasteiger partial charge in [-0.3, -0.25) is 4.79 Å². The maximum absolute atomic E-state index is 13.0. The molecule has 0 saturated carbocycles. The fourth-order valence-corrected chi connectivity index (χ4v) is 1.31. The number of phenols is 1. The first-order valence-corrected chi connectivity index (χ1v) is 4.36. The third-order valence-corrected chi connectivity index (χ3v) is 2.09. The Bertz CT molecular complexity index is 421. The molecule has 0 bridgehead atoms. The van der Waals surface area contributed by atoms with Crippen molar-refractivity contribution in [2.75, 3.05) is 7.05 Å². The summed E-state index contributed by atoms with van der Waals surface area (Å²) in [4.78, 5) is 22.3. The molecule has 5 nitrogen and oxygen atoms in total. The summed E-state index contributed by atoms with van der Waals surface area (Å²) in [5, 5.41) is 17.9. The molecule has 0 aliphatic rings. The van der Waals surface area contributed by atoms with Gasteiger partial charge in [0.25, 0.3) is 0 Å². The topological polar surface area (TPSA) is 77.8 Å². The third-order valence-electron chi connectivity index (χ3n) is 2.09. The van der Waals surface area contributed by atoms with Crippen LogP contribution in [0.25, 0.3) is 0 Å². The standard InChI is InChI=1S/C10H10FNO4/c1-12(5-13)9(10(15)16)6-2-3-8(14)7(11)4-6/h2-5,9,14H,1H3,(H,15,16). The molecule has 1 amide bonds. The van der Waals surface area contributed by atoms with Crippen LogP contribution >= 0.6 is 0 Å². The fourth-order valence-electron chi connectivity index (χ4n) is 1.31. The lowest BCUT2D eigenvalue weighted by molar-refractivity contribution is -0.145. The summed E-state index contributed by atoms with van der Waals surface area (Å²) in [7, 11) is 1.27. The summed E-state index contributed by atoms with van der Waals surface area (Å²) >= 11 is 0. The number of carboxylic acid groups (broad SMARTS) is 1. The zero-order chi connectivity index (χ0) is 12.3. The summed E-state index contributed by atoms with van der Waals surface area (Å²) in [6.45, 7) is 0. The Morgan fingerprint density at radius 2 is 2.19 bits per heavy atom. The van der Waals surface area contributed by atoms with Gasteiger partial charge in [0.2, 0.25) is 6.41 Å². The molecule has 2 N–H and O–H groups in total. The van der Waals surface area contributed by atoms with Crippen molar-refractivity contribution in [1.82, 2.24) is 4.90 Å². The molecule has 0 aromatic heterocycles. The third kappa shape index (κ3) is 2.28. The molecule has 16 heavy (non-hydrogen) atoms. The molecule has 86 valence electrons. The lowest BCUT2D eigenvalue weighted by Gasteiger charge is -2.20. The molecule has 6 heteroatoms. The first kappa shape index (κ1) is 12.0. The van der Waals surface area contributed by atoms with E-state index in [9.17, 15) is 14.0 Å². The van der Waals surface area contributed by atoms with Gasteiger partial charge in [-0.1, -0.05) is 6.07 Å². The van der Waals surface area contributed by atoms with Crippen molar-refractivity contribution in [2.45, 2.75) is 6.04 Å². The van der Waals surface area contributed by atoms with E-state index < -0.39 is 23.6 Å². The van der Waals surface area contributed by atoms with Gasteiger partial charge in [-0.05, 0) is 17.7 Å². The average molecular weight is 227 g/mol. The van der Waals surface area contributed by atoms with Crippen LogP contribution in [0.5, 0.6) is 5.75 Å². The van der Waals surface area contributed by atoms with Crippen LogP contribution in [-0.2, 0) is 9.59 Å². The molecule has 0 fully saturated rings. The van der Waals surface area contributed by atoms with Crippen molar-refractivity contribution in [1.29, 1.82) is 0 Å². The zero-order valence-electron chi connectivity index (χ0n) is 8.42. The van der Waals surface area contributed by atoms with Crippen molar-refractivity contribution >= 4 is 12.4 Å². The van der Waals surface area contributed by atoms with Crippen LogP contribution in [0.3, 0.4) is 0 Å². The number of amides is 1. The van der Waals surface area contributed by atoms with Crippen LogP contribution < -0.4 is 0 Å². The largest absolute Gasteiger partial charge is 0.505 e. The van der Waals surface area contributed by atoms with E-state index in [2.05, 4.69) is 0 Å². The highest BCUT2D eigenvalue weighted by Gasteiger charge is 2.24. The number of aliphatic carboxylic acids is 1. The molecule has 0 heterocycles. The SMILES string of the molecule is CN(C=O)C(C(=O)O)c1ccc(O)c(F)c1. The summed E-state index contributed by atoms with van der Waals surface area (Å²) in [6.07, 6.45) is 0.337. The number of hydrogen-bond donors (Lipinski definition) is 2. The number of phenolic OH excluding ortho intramolecular Hbond substituents is 1. The lowest BCUT2D eigenvalue weighted by atomic mass is 10.1. The van der Waals surface area contributed by atoms with Crippen molar-refractivity contribution in [3.8, 4) is 5.75 Å². The number of halogens is 1. The Morgan fingerprint density at radius 1 is 1.56 bits per heavy atom. The molecule has 0 saturated heterocycles. The number of rotatable bonds is 4. The molecular formula is C10H10FNO4. The summed E-state index contributed by atoms with van der Waals surface area (Å²) in [5.74, 6) is -2.77. The van der Waals surface area contributed by atoms with Gasteiger partial charge < -0.3 is 15.1 Å². The quantitative estimate of drug-likeness (QED) is 0.744. The van der Waals surface area contributed by atoms with Crippen molar-refractivity contribution in [3.05, 3.63) is 29.6 Å². The highest BCUT2D eigenvalue weighted by atomic mass is 19.1. The van der Waals surface area contributed by atoms with Gasteiger partial charge in [0.1, 0.15) is 0 Å². The molecule has 1 aromatic carbocycles. The number of benzene rings is 1. The number of carbonyl (C=O) groups is 2. The zero-order valence-corrected chi connectivity index (χ0v) is 8.42. The lowest BCUT2D eigenvalue weighted by Crippen LogP contribution is -2.29. The van der Waals surface area contributed by atoms with Crippen LogP contribution in [0.2, 0.25) is 0 Å².